The van der Waals surface area contributed by atoms with E-state index < -0.39 is 5.97 Å². The van der Waals surface area contributed by atoms with Crippen molar-refractivity contribution in [1.82, 2.24) is 9.61 Å². The number of benzene rings is 1. The molecule has 0 aliphatic carbocycles. The molecule has 3 aromatic rings. The Morgan fingerprint density at radius 3 is 2.96 bits per heavy atom. The summed E-state index contributed by atoms with van der Waals surface area (Å²) in [4.78, 5) is 13.6. The Labute approximate surface area is 149 Å². The molecule has 0 radical (unpaired) electrons. The van der Waals surface area contributed by atoms with Gasteiger partial charge in [0.2, 0.25) is 0 Å². The molecule has 1 N–H and O–H groups in total. The van der Waals surface area contributed by atoms with Crippen LogP contribution >= 0.6 is 0 Å². The Balaban J connectivity index is 1.77. The number of nitrogens with zero attached hydrogens (tertiary/aromatic N) is 3. The second-order valence-electron chi connectivity index (χ2n) is 6.32. The van der Waals surface area contributed by atoms with Gasteiger partial charge >= 0.3 is 5.97 Å². The summed E-state index contributed by atoms with van der Waals surface area (Å²) in [6, 6.07) is 8.24. The minimum atomic E-state index is -1.01. The van der Waals surface area contributed by atoms with Crippen LogP contribution in [0.1, 0.15) is 34.8 Å². The monoisotopic (exact) mass is 355 g/mol. The van der Waals surface area contributed by atoms with Crippen molar-refractivity contribution in [2.45, 2.75) is 18.9 Å². The van der Waals surface area contributed by atoms with Gasteiger partial charge in [0.15, 0.2) is 0 Å². The van der Waals surface area contributed by atoms with E-state index in [0.717, 1.165) is 30.6 Å². The van der Waals surface area contributed by atoms with E-state index in [1.807, 2.05) is 12.1 Å². The molecular formula is C19H18FN3O3. The van der Waals surface area contributed by atoms with Gasteiger partial charge in [0.25, 0.3) is 0 Å². The zero-order valence-electron chi connectivity index (χ0n) is 14.2. The van der Waals surface area contributed by atoms with E-state index in [0.29, 0.717) is 11.3 Å². The van der Waals surface area contributed by atoms with Crippen molar-refractivity contribution in [1.29, 1.82) is 0 Å². The van der Waals surface area contributed by atoms with Crippen LogP contribution in [-0.2, 0) is 0 Å². The lowest BCUT2D eigenvalue weighted by Crippen LogP contribution is -2.23. The number of aromatic carboxylic acids is 1. The van der Waals surface area contributed by atoms with Crippen molar-refractivity contribution in [3.05, 3.63) is 59.7 Å². The van der Waals surface area contributed by atoms with Crippen LogP contribution < -0.4 is 9.64 Å². The average Bonchev–Trinajstić information content (AvgIpc) is 3.28. The summed E-state index contributed by atoms with van der Waals surface area (Å²) in [6.07, 6.45) is 4.92. The topological polar surface area (TPSA) is 67.1 Å². The quantitative estimate of drug-likeness (QED) is 0.776. The minimum absolute atomic E-state index is 0.0284. The normalized spacial score (nSPS) is 17.0. The molecule has 0 saturated carbocycles. The number of carboxylic acid groups (broad SMARTS) is 1. The van der Waals surface area contributed by atoms with Crippen LogP contribution in [0.25, 0.3) is 5.52 Å². The maximum absolute atomic E-state index is 13.8. The summed E-state index contributed by atoms with van der Waals surface area (Å²) in [7, 11) is 1.58. The number of methoxy groups -OCH3 is 1. The largest absolute Gasteiger partial charge is 0.496 e. The van der Waals surface area contributed by atoms with E-state index in [1.54, 1.807) is 23.9 Å². The third-order valence-electron chi connectivity index (χ3n) is 4.87. The molecule has 1 aliphatic rings. The molecule has 0 bridgehead atoms. The van der Waals surface area contributed by atoms with E-state index in [1.165, 1.54) is 18.3 Å². The summed E-state index contributed by atoms with van der Waals surface area (Å²) in [5.41, 5.74) is 2.38. The maximum atomic E-state index is 13.8. The number of aromatic nitrogens is 2. The molecule has 1 aliphatic heterocycles. The number of fused-ring (bicyclic) bond motifs is 1. The highest BCUT2D eigenvalue weighted by Crippen LogP contribution is 2.40. The number of ether oxygens (including phenoxy) is 1. The lowest BCUT2D eigenvalue weighted by molar-refractivity contribution is 0.0699. The highest BCUT2D eigenvalue weighted by molar-refractivity contribution is 5.95. The Morgan fingerprint density at radius 1 is 1.35 bits per heavy atom. The molecule has 1 atom stereocenters. The van der Waals surface area contributed by atoms with Crippen LogP contribution in [0.3, 0.4) is 0 Å². The zero-order chi connectivity index (χ0) is 18.3. The third kappa shape index (κ3) is 2.65. The van der Waals surface area contributed by atoms with Crippen LogP contribution in [0, 0.1) is 5.82 Å². The van der Waals surface area contributed by atoms with Gasteiger partial charge in [0.1, 0.15) is 17.1 Å². The van der Waals surface area contributed by atoms with Crippen molar-refractivity contribution in [3.63, 3.8) is 0 Å². The van der Waals surface area contributed by atoms with Gasteiger partial charge in [-0.2, -0.15) is 5.10 Å². The van der Waals surface area contributed by atoms with E-state index in [-0.39, 0.29) is 17.4 Å². The summed E-state index contributed by atoms with van der Waals surface area (Å²) < 4.78 is 20.8. The number of pyridine rings is 1. The summed E-state index contributed by atoms with van der Waals surface area (Å²) >= 11 is 0. The van der Waals surface area contributed by atoms with Gasteiger partial charge < -0.3 is 14.7 Å². The average molecular weight is 355 g/mol. The van der Waals surface area contributed by atoms with Crippen molar-refractivity contribution in [3.8, 4) is 5.75 Å². The molecule has 1 saturated heterocycles. The first-order valence-corrected chi connectivity index (χ1v) is 8.39. The van der Waals surface area contributed by atoms with Crippen LogP contribution in [-0.4, -0.2) is 34.3 Å². The fraction of sp³-hybridized carbons (Fsp3) is 0.263. The number of hydrogen-bond acceptors (Lipinski definition) is 4. The predicted molar refractivity (Wildman–Crippen MR) is 94.4 cm³/mol. The lowest BCUT2D eigenvalue weighted by Gasteiger charge is -2.28. The Bertz CT molecular complexity index is 985. The first kappa shape index (κ1) is 16.4. The van der Waals surface area contributed by atoms with Crippen LogP contribution in [0.5, 0.6) is 5.75 Å². The minimum Gasteiger partial charge on any atom is -0.496 e. The second-order valence-corrected chi connectivity index (χ2v) is 6.32. The first-order chi connectivity index (χ1) is 12.6. The van der Waals surface area contributed by atoms with Crippen molar-refractivity contribution in [2.75, 3.05) is 18.6 Å². The van der Waals surface area contributed by atoms with Gasteiger partial charge in [-0.15, -0.1) is 0 Å². The zero-order valence-corrected chi connectivity index (χ0v) is 14.2. The molecule has 1 aromatic carbocycles. The highest BCUT2D eigenvalue weighted by atomic mass is 19.1. The molecule has 1 unspecified atom stereocenters. The second kappa shape index (κ2) is 6.33. The molecule has 2 aromatic heterocycles. The van der Waals surface area contributed by atoms with Crippen molar-refractivity contribution < 1.29 is 19.0 Å². The van der Waals surface area contributed by atoms with E-state index in [2.05, 4.69) is 10.00 Å². The molecule has 1 fully saturated rings. The van der Waals surface area contributed by atoms with Crippen LogP contribution in [0.2, 0.25) is 0 Å². The molecule has 6 nitrogen and oxygen atoms in total. The van der Waals surface area contributed by atoms with Crippen molar-refractivity contribution >= 4 is 17.2 Å². The third-order valence-corrected chi connectivity index (χ3v) is 4.87. The molecule has 0 amide bonds. The number of hydrogen-bond donors (Lipinski definition) is 1. The van der Waals surface area contributed by atoms with Gasteiger partial charge in [0.05, 0.1) is 24.9 Å². The fourth-order valence-electron chi connectivity index (χ4n) is 3.68. The van der Waals surface area contributed by atoms with Gasteiger partial charge in [-0.25, -0.2) is 13.7 Å². The SMILES string of the molecule is COc1ccc(F)cc1C1CCCN1c1ccn2ncc(C(=O)O)c2c1. The summed E-state index contributed by atoms with van der Waals surface area (Å²) in [6.45, 7) is 0.803. The summed E-state index contributed by atoms with van der Waals surface area (Å²) in [5, 5.41) is 13.4. The smallest absolute Gasteiger partial charge is 0.339 e. The van der Waals surface area contributed by atoms with Gasteiger partial charge in [-0.1, -0.05) is 0 Å². The Hall–Kier alpha value is -3.09. The molecule has 0 spiro atoms. The van der Waals surface area contributed by atoms with Crippen LogP contribution in [0.4, 0.5) is 10.1 Å². The Kier molecular flexibility index (Phi) is 3.99. The molecule has 7 heteroatoms. The number of carbonyl (C=O) groups is 1. The highest BCUT2D eigenvalue weighted by Gasteiger charge is 2.29. The number of rotatable bonds is 4. The number of anilines is 1. The van der Waals surface area contributed by atoms with Gasteiger partial charge in [-0.05, 0) is 43.2 Å². The molecule has 134 valence electrons. The molecule has 26 heavy (non-hydrogen) atoms. The standard InChI is InChI=1S/C19H18FN3O3/c1-26-18-5-4-12(20)9-14(18)16-3-2-7-22(16)13-6-8-23-17(10-13)15(11-21-23)19(24)25/h4-6,8-11,16H,2-3,7H2,1H3,(H,24,25). The Morgan fingerprint density at radius 2 is 2.19 bits per heavy atom. The van der Waals surface area contributed by atoms with E-state index in [4.69, 9.17) is 4.74 Å². The fourth-order valence-corrected chi connectivity index (χ4v) is 3.68. The van der Waals surface area contributed by atoms with E-state index in [9.17, 15) is 14.3 Å². The molecule has 4 rings (SSSR count). The lowest BCUT2D eigenvalue weighted by atomic mass is 10.0. The van der Waals surface area contributed by atoms with Gasteiger partial charge in [-0.3, -0.25) is 0 Å². The van der Waals surface area contributed by atoms with Crippen LogP contribution in [0.15, 0.2) is 42.7 Å². The first-order valence-electron chi connectivity index (χ1n) is 8.39. The number of carboxylic acids is 1. The van der Waals surface area contributed by atoms with Gasteiger partial charge in [0, 0.05) is 24.0 Å². The molecular weight excluding hydrogens is 337 g/mol. The number of halogens is 1. The maximum Gasteiger partial charge on any atom is 0.339 e. The molecule has 3 heterocycles. The predicted octanol–water partition coefficient (Wildman–Crippen LogP) is 3.52. The summed E-state index contributed by atoms with van der Waals surface area (Å²) in [5.74, 6) is -0.658. The van der Waals surface area contributed by atoms with E-state index >= 15 is 0 Å². The van der Waals surface area contributed by atoms with Crippen molar-refractivity contribution in [2.24, 2.45) is 0 Å².